The van der Waals surface area contributed by atoms with Crippen molar-refractivity contribution < 1.29 is 0 Å². The Morgan fingerprint density at radius 1 is 1.03 bits per heavy atom. The van der Waals surface area contributed by atoms with Crippen LogP contribution >= 0.6 is 0 Å². The molecule has 2 fully saturated rings. The average molecular weight is 420 g/mol. The van der Waals surface area contributed by atoms with E-state index in [9.17, 15) is 4.79 Å². The maximum Gasteiger partial charge on any atom is 0.261 e. The highest BCUT2D eigenvalue weighted by Gasteiger charge is 2.23. The number of piperazine rings is 1. The number of rotatable bonds is 6. The number of nitrogens with zero attached hydrogens (tertiary/aromatic N) is 7. The third kappa shape index (κ3) is 4.39. The number of aromatic nitrogens is 4. The van der Waals surface area contributed by atoms with Gasteiger partial charge < -0.3 is 9.80 Å². The molecule has 1 aromatic carbocycles. The van der Waals surface area contributed by atoms with E-state index < -0.39 is 0 Å². The number of fused-ring (bicyclic) bond motifs is 1. The van der Waals surface area contributed by atoms with Crippen LogP contribution in [0.5, 0.6) is 0 Å². The molecule has 3 heterocycles. The van der Waals surface area contributed by atoms with E-state index in [0.717, 1.165) is 62.0 Å². The topological polar surface area (TPSA) is 70.4 Å². The van der Waals surface area contributed by atoms with Crippen LogP contribution in [-0.4, -0.2) is 64.7 Å². The van der Waals surface area contributed by atoms with Gasteiger partial charge in [-0.1, -0.05) is 0 Å². The lowest BCUT2D eigenvalue weighted by atomic mass is 10.2. The molecule has 1 aliphatic heterocycles. The van der Waals surface area contributed by atoms with Gasteiger partial charge in [-0.05, 0) is 37.0 Å². The van der Waals surface area contributed by atoms with Gasteiger partial charge in [0.2, 0.25) is 5.95 Å². The predicted octanol–water partition coefficient (Wildman–Crippen LogP) is 1.98. The molecule has 0 amide bonds. The maximum absolute atomic E-state index is 12.7. The predicted molar refractivity (Wildman–Crippen MR) is 123 cm³/mol. The summed E-state index contributed by atoms with van der Waals surface area (Å²) in [7, 11) is 3.89. The summed E-state index contributed by atoms with van der Waals surface area (Å²) in [6.45, 7) is 5.51. The van der Waals surface area contributed by atoms with E-state index in [4.69, 9.17) is 0 Å². The smallest absolute Gasteiger partial charge is 0.261 e. The van der Waals surface area contributed by atoms with Crippen LogP contribution in [0.25, 0.3) is 10.9 Å². The van der Waals surface area contributed by atoms with Crippen LogP contribution in [0.2, 0.25) is 0 Å². The van der Waals surface area contributed by atoms with Crippen LogP contribution in [0, 0.1) is 5.92 Å². The highest BCUT2D eigenvalue weighted by molar-refractivity contribution is 5.81. The molecule has 1 aliphatic carbocycles. The molecule has 0 unspecified atom stereocenters. The van der Waals surface area contributed by atoms with Gasteiger partial charge in [0, 0.05) is 77.0 Å². The first-order valence-corrected chi connectivity index (χ1v) is 11.0. The Labute approximate surface area is 182 Å². The Hall–Kier alpha value is -3.00. The molecule has 0 bridgehead atoms. The normalized spacial score (nSPS) is 17.3. The zero-order valence-electron chi connectivity index (χ0n) is 18.2. The zero-order chi connectivity index (χ0) is 21.4. The molecular weight excluding hydrogens is 390 g/mol. The fourth-order valence-corrected chi connectivity index (χ4v) is 4.14. The lowest BCUT2D eigenvalue weighted by Gasteiger charge is -2.36. The number of hydrogen-bond donors (Lipinski definition) is 0. The van der Waals surface area contributed by atoms with E-state index in [2.05, 4.69) is 36.9 Å². The summed E-state index contributed by atoms with van der Waals surface area (Å²) >= 11 is 0. The first-order valence-electron chi connectivity index (χ1n) is 11.0. The van der Waals surface area contributed by atoms with Crippen molar-refractivity contribution in [1.82, 2.24) is 24.4 Å². The van der Waals surface area contributed by atoms with Crippen LogP contribution in [-0.2, 0) is 13.1 Å². The molecule has 2 aliphatic rings. The monoisotopic (exact) mass is 419 g/mol. The average Bonchev–Trinajstić information content (AvgIpc) is 3.61. The Morgan fingerprint density at radius 3 is 2.45 bits per heavy atom. The number of benzene rings is 1. The van der Waals surface area contributed by atoms with Gasteiger partial charge in [-0.15, -0.1) is 0 Å². The summed E-state index contributed by atoms with van der Waals surface area (Å²) in [6.07, 6.45) is 8.00. The van der Waals surface area contributed by atoms with Crippen molar-refractivity contribution in [1.29, 1.82) is 0 Å². The largest absolute Gasteiger partial charge is 0.369 e. The summed E-state index contributed by atoms with van der Waals surface area (Å²) in [5, 5.41) is 0.715. The van der Waals surface area contributed by atoms with E-state index >= 15 is 0 Å². The number of anilines is 2. The molecule has 0 atom stereocenters. The molecule has 1 saturated heterocycles. The van der Waals surface area contributed by atoms with E-state index in [1.165, 1.54) is 12.8 Å². The van der Waals surface area contributed by atoms with Crippen molar-refractivity contribution in [2.45, 2.75) is 25.9 Å². The van der Waals surface area contributed by atoms with E-state index in [0.29, 0.717) is 11.3 Å². The molecule has 8 nitrogen and oxygen atoms in total. The highest BCUT2D eigenvalue weighted by atomic mass is 16.1. The quantitative estimate of drug-likeness (QED) is 0.605. The lowest BCUT2D eigenvalue weighted by molar-refractivity contribution is 0.249. The van der Waals surface area contributed by atoms with Gasteiger partial charge in [0.05, 0.1) is 17.2 Å². The van der Waals surface area contributed by atoms with Gasteiger partial charge in [0.15, 0.2) is 0 Å². The van der Waals surface area contributed by atoms with Crippen LogP contribution in [0.1, 0.15) is 18.4 Å². The maximum atomic E-state index is 12.7. The van der Waals surface area contributed by atoms with Crippen LogP contribution in [0.3, 0.4) is 0 Å². The third-order valence-electron chi connectivity index (χ3n) is 6.20. The molecule has 1 saturated carbocycles. The second kappa shape index (κ2) is 8.26. The van der Waals surface area contributed by atoms with Crippen LogP contribution in [0.4, 0.5) is 11.6 Å². The van der Waals surface area contributed by atoms with Crippen molar-refractivity contribution in [3.8, 4) is 0 Å². The molecule has 3 aromatic rings. The Balaban J connectivity index is 1.23. The van der Waals surface area contributed by atoms with Crippen LogP contribution in [0.15, 0.2) is 41.7 Å². The van der Waals surface area contributed by atoms with Crippen molar-refractivity contribution >= 4 is 22.5 Å². The summed E-state index contributed by atoms with van der Waals surface area (Å²) in [5.74, 6) is 1.39. The van der Waals surface area contributed by atoms with Crippen LogP contribution < -0.4 is 15.4 Å². The lowest BCUT2D eigenvalue weighted by Crippen LogP contribution is -2.46. The molecule has 5 rings (SSSR count). The minimum atomic E-state index is 0.0794. The molecule has 0 radical (unpaired) electrons. The summed E-state index contributed by atoms with van der Waals surface area (Å²) in [5.41, 5.74) is 3.14. The fourth-order valence-electron chi connectivity index (χ4n) is 4.14. The molecule has 162 valence electrons. The minimum Gasteiger partial charge on any atom is -0.369 e. The van der Waals surface area contributed by atoms with Gasteiger partial charge in [-0.25, -0.2) is 15.0 Å². The summed E-state index contributed by atoms with van der Waals surface area (Å²) < 4.78 is 1.77. The Bertz CT molecular complexity index is 1110. The molecular formula is C23H29N7O. The molecule has 31 heavy (non-hydrogen) atoms. The summed E-state index contributed by atoms with van der Waals surface area (Å²) in [6, 6.07) is 6.07. The minimum absolute atomic E-state index is 0.0794. The van der Waals surface area contributed by atoms with Gasteiger partial charge in [0.1, 0.15) is 0 Å². The molecule has 0 N–H and O–H groups in total. The Morgan fingerprint density at radius 2 is 1.77 bits per heavy atom. The van der Waals surface area contributed by atoms with E-state index in [-0.39, 0.29) is 5.56 Å². The van der Waals surface area contributed by atoms with Crippen molar-refractivity contribution in [2.75, 3.05) is 50.1 Å². The van der Waals surface area contributed by atoms with Gasteiger partial charge in [-0.2, -0.15) is 0 Å². The van der Waals surface area contributed by atoms with E-state index in [1.54, 1.807) is 10.9 Å². The first kappa shape index (κ1) is 19.9. The van der Waals surface area contributed by atoms with Crippen molar-refractivity contribution in [3.63, 3.8) is 0 Å². The van der Waals surface area contributed by atoms with E-state index in [1.807, 2.05) is 37.5 Å². The zero-order valence-corrected chi connectivity index (χ0v) is 18.2. The standard InChI is InChI=1S/C23H29N7O/c1-27(2)23-24-12-18(13-25-23)14-28-7-9-29(10-8-28)19-5-6-20-21(11-19)26-16-30(22(20)31)15-17-3-4-17/h5-6,11-13,16-17H,3-4,7-10,14-15H2,1-2H3. The van der Waals surface area contributed by atoms with Gasteiger partial charge in [-0.3, -0.25) is 14.3 Å². The molecule has 2 aromatic heterocycles. The fraction of sp³-hybridized carbons (Fsp3) is 0.478. The second-order valence-corrected chi connectivity index (χ2v) is 8.90. The van der Waals surface area contributed by atoms with Gasteiger partial charge >= 0.3 is 0 Å². The molecule has 8 heteroatoms. The summed E-state index contributed by atoms with van der Waals surface area (Å²) in [4.78, 5) is 32.9. The van der Waals surface area contributed by atoms with Gasteiger partial charge in [0.25, 0.3) is 5.56 Å². The SMILES string of the molecule is CN(C)c1ncc(CN2CCN(c3ccc4c(=O)n(CC5CC5)cnc4c3)CC2)cn1. The first-order chi connectivity index (χ1) is 15.1. The van der Waals surface area contributed by atoms with Crippen molar-refractivity contribution in [3.05, 3.63) is 52.8 Å². The Kier molecular flexibility index (Phi) is 5.31. The second-order valence-electron chi connectivity index (χ2n) is 8.90. The third-order valence-corrected chi connectivity index (χ3v) is 6.20. The number of hydrogen-bond acceptors (Lipinski definition) is 7. The van der Waals surface area contributed by atoms with Crippen molar-refractivity contribution in [2.24, 2.45) is 5.92 Å². The molecule has 0 spiro atoms. The highest BCUT2D eigenvalue weighted by Crippen LogP contribution is 2.30.